The number of pyridine rings is 2. The fraction of sp³-hybridized carbons (Fsp3) is 0. The van der Waals surface area contributed by atoms with Gasteiger partial charge < -0.3 is 10.6 Å². The zero-order valence-electron chi connectivity index (χ0n) is 14.5. The molecule has 0 saturated carbocycles. The molecular formula is C21H14ClFN4O. The molecule has 138 valence electrons. The number of fused-ring (bicyclic) bond motifs is 1. The average Bonchev–Trinajstić information content (AvgIpc) is 2.71. The Morgan fingerprint density at radius 3 is 2.71 bits per heavy atom. The highest BCUT2D eigenvalue weighted by atomic mass is 35.5. The maximum atomic E-state index is 13.3. The lowest BCUT2D eigenvalue weighted by atomic mass is 10.1. The summed E-state index contributed by atoms with van der Waals surface area (Å²) in [5.74, 6) is -0.811. The first-order valence-corrected chi connectivity index (χ1v) is 8.80. The van der Waals surface area contributed by atoms with Crippen LogP contribution in [0, 0.1) is 5.82 Å². The maximum Gasteiger partial charge on any atom is 0.257 e. The molecular weight excluding hydrogens is 379 g/mol. The Hall–Kier alpha value is -3.51. The molecule has 2 N–H and O–H groups in total. The molecule has 0 spiro atoms. The van der Waals surface area contributed by atoms with Crippen LogP contribution in [-0.4, -0.2) is 15.9 Å². The number of carbonyl (C=O) groups excluding carboxylic acids is 1. The van der Waals surface area contributed by atoms with Gasteiger partial charge in [0.2, 0.25) is 0 Å². The van der Waals surface area contributed by atoms with Crippen molar-refractivity contribution < 1.29 is 9.18 Å². The minimum Gasteiger partial charge on any atom is -0.354 e. The molecule has 4 aromatic rings. The van der Waals surface area contributed by atoms with Crippen LogP contribution >= 0.6 is 11.6 Å². The zero-order valence-corrected chi connectivity index (χ0v) is 15.2. The Kier molecular flexibility index (Phi) is 4.87. The summed E-state index contributed by atoms with van der Waals surface area (Å²) in [4.78, 5) is 21.1. The van der Waals surface area contributed by atoms with E-state index in [0.717, 1.165) is 5.39 Å². The molecule has 0 aliphatic carbocycles. The SMILES string of the molecule is O=C(Nc1cccc2cccnc12)c1cncc(Nc2ccc(F)c(Cl)c2)c1. The van der Waals surface area contributed by atoms with E-state index in [0.29, 0.717) is 28.1 Å². The van der Waals surface area contributed by atoms with Gasteiger partial charge in [0.25, 0.3) is 5.91 Å². The minimum atomic E-state index is -0.498. The molecule has 0 atom stereocenters. The maximum absolute atomic E-state index is 13.3. The lowest BCUT2D eigenvalue weighted by Crippen LogP contribution is -2.13. The molecule has 7 heteroatoms. The molecule has 0 unspecified atom stereocenters. The van der Waals surface area contributed by atoms with Gasteiger partial charge in [0.1, 0.15) is 5.82 Å². The van der Waals surface area contributed by atoms with E-state index in [9.17, 15) is 9.18 Å². The lowest BCUT2D eigenvalue weighted by molar-refractivity contribution is 0.102. The Morgan fingerprint density at radius 2 is 1.86 bits per heavy atom. The van der Waals surface area contributed by atoms with Crippen molar-refractivity contribution in [2.45, 2.75) is 0 Å². The third-order valence-electron chi connectivity index (χ3n) is 4.09. The van der Waals surface area contributed by atoms with Crippen LogP contribution in [0.4, 0.5) is 21.5 Å². The van der Waals surface area contributed by atoms with Gasteiger partial charge in [-0.15, -0.1) is 0 Å². The standard InChI is InChI=1S/C21H14ClFN4O/c22-17-10-15(6-7-18(17)23)26-16-9-14(11-24-12-16)21(28)27-19-5-1-3-13-4-2-8-25-20(13)19/h1-12,26H,(H,27,28). The number of aromatic nitrogens is 2. The van der Waals surface area contributed by atoms with E-state index in [1.807, 2.05) is 24.3 Å². The molecule has 2 aromatic heterocycles. The summed E-state index contributed by atoms with van der Waals surface area (Å²) < 4.78 is 13.3. The van der Waals surface area contributed by atoms with Crippen LogP contribution in [0.2, 0.25) is 5.02 Å². The smallest absolute Gasteiger partial charge is 0.257 e. The first kappa shape index (κ1) is 17.9. The normalized spacial score (nSPS) is 10.6. The van der Waals surface area contributed by atoms with E-state index in [-0.39, 0.29) is 10.9 Å². The van der Waals surface area contributed by atoms with E-state index in [2.05, 4.69) is 20.6 Å². The van der Waals surface area contributed by atoms with Gasteiger partial charge in [-0.2, -0.15) is 0 Å². The van der Waals surface area contributed by atoms with Crippen molar-refractivity contribution >= 4 is 45.5 Å². The van der Waals surface area contributed by atoms with E-state index in [4.69, 9.17) is 11.6 Å². The Labute approximate surface area is 165 Å². The molecule has 0 aliphatic rings. The molecule has 0 fully saturated rings. The second kappa shape index (κ2) is 7.62. The third kappa shape index (κ3) is 3.77. The van der Waals surface area contributed by atoms with Gasteiger partial charge >= 0.3 is 0 Å². The summed E-state index contributed by atoms with van der Waals surface area (Å²) in [7, 11) is 0. The molecule has 0 aliphatic heterocycles. The molecule has 1 amide bonds. The summed E-state index contributed by atoms with van der Waals surface area (Å²) in [6, 6.07) is 15.3. The number of hydrogen-bond donors (Lipinski definition) is 2. The third-order valence-corrected chi connectivity index (χ3v) is 4.38. The van der Waals surface area contributed by atoms with Gasteiger partial charge in [-0.25, -0.2) is 4.39 Å². The zero-order chi connectivity index (χ0) is 19.5. The van der Waals surface area contributed by atoms with Gasteiger partial charge in [0, 0.05) is 23.5 Å². The summed E-state index contributed by atoms with van der Waals surface area (Å²) >= 11 is 5.80. The van der Waals surface area contributed by atoms with Crippen molar-refractivity contribution in [3.63, 3.8) is 0 Å². The number of hydrogen-bond acceptors (Lipinski definition) is 4. The highest BCUT2D eigenvalue weighted by Crippen LogP contribution is 2.24. The monoisotopic (exact) mass is 392 g/mol. The first-order chi connectivity index (χ1) is 13.6. The van der Waals surface area contributed by atoms with Crippen LogP contribution in [0.1, 0.15) is 10.4 Å². The quantitative estimate of drug-likeness (QED) is 0.486. The van der Waals surface area contributed by atoms with Crippen molar-refractivity contribution in [1.29, 1.82) is 0 Å². The fourth-order valence-corrected chi connectivity index (χ4v) is 2.95. The largest absolute Gasteiger partial charge is 0.354 e. The highest BCUT2D eigenvalue weighted by molar-refractivity contribution is 6.31. The van der Waals surface area contributed by atoms with Crippen molar-refractivity contribution in [1.82, 2.24) is 9.97 Å². The van der Waals surface area contributed by atoms with Crippen molar-refractivity contribution in [2.75, 3.05) is 10.6 Å². The molecule has 0 bridgehead atoms. The Balaban J connectivity index is 1.56. The van der Waals surface area contributed by atoms with Crippen LogP contribution in [-0.2, 0) is 0 Å². The molecule has 28 heavy (non-hydrogen) atoms. The summed E-state index contributed by atoms with van der Waals surface area (Å²) in [5, 5.41) is 6.87. The van der Waals surface area contributed by atoms with Crippen LogP contribution in [0.5, 0.6) is 0 Å². The summed E-state index contributed by atoms with van der Waals surface area (Å²) in [5.41, 5.74) is 2.86. The van der Waals surface area contributed by atoms with E-state index < -0.39 is 5.82 Å². The fourth-order valence-electron chi connectivity index (χ4n) is 2.77. The number of nitrogens with zero attached hydrogens (tertiary/aromatic N) is 2. The second-order valence-electron chi connectivity index (χ2n) is 6.05. The highest BCUT2D eigenvalue weighted by Gasteiger charge is 2.11. The van der Waals surface area contributed by atoms with Crippen LogP contribution < -0.4 is 10.6 Å². The molecule has 2 aromatic carbocycles. The van der Waals surface area contributed by atoms with Crippen molar-refractivity contribution in [3.8, 4) is 0 Å². The predicted octanol–water partition coefficient (Wildman–Crippen LogP) is 5.42. The van der Waals surface area contributed by atoms with Gasteiger partial charge in [-0.1, -0.05) is 29.8 Å². The van der Waals surface area contributed by atoms with Gasteiger partial charge in [0.05, 0.1) is 33.7 Å². The number of halogens is 2. The number of amides is 1. The number of benzene rings is 2. The molecule has 2 heterocycles. The molecule has 0 radical (unpaired) electrons. The first-order valence-electron chi connectivity index (χ1n) is 8.42. The number of rotatable bonds is 4. The van der Waals surface area contributed by atoms with Crippen LogP contribution in [0.25, 0.3) is 10.9 Å². The predicted molar refractivity (Wildman–Crippen MR) is 109 cm³/mol. The lowest BCUT2D eigenvalue weighted by Gasteiger charge is -2.10. The van der Waals surface area contributed by atoms with E-state index in [1.54, 1.807) is 30.6 Å². The molecule has 0 saturated heterocycles. The average molecular weight is 393 g/mol. The Morgan fingerprint density at radius 1 is 1.00 bits per heavy atom. The van der Waals surface area contributed by atoms with Gasteiger partial charge in [-0.3, -0.25) is 14.8 Å². The number of anilines is 3. The minimum absolute atomic E-state index is 0.00955. The summed E-state index contributed by atoms with van der Waals surface area (Å²) in [6.45, 7) is 0. The number of para-hydroxylation sites is 1. The van der Waals surface area contributed by atoms with Gasteiger partial charge in [0.15, 0.2) is 0 Å². The topological polar surface area (TPSA) is 66.9 Å². The molecule has 4 rings (SSSR count). The van der Waals surface area contributed by atoms with Crippen LogP contribution in [0.15, 0.2) is 73.2 Å². The van der Waals surface area contributed by atoms with E-state index in [1.165, 1.54) is 18.3 Å². The molecule has 5 nitrogen and oxygen atoms in total. The van der Waals surface area contributed by atoms with E-state index >= 15 is 0 Å². The number of carbonyl (C=O) groups is 1. The Bertz CT molecular complexity index is 1180. The number of nitrogens with one attached hydrogen (secondary N) is 2. The van der Waals surface area contributed by atoms with Crippen molar-refractivity contribution in [2.24, 2.45) is 0 Å². The van der Waals surface area contributed by atoms with Crippen LogP contribution in [0.3, 0.4) is 0 Å². The summed E-state index contributed by atoms with van der Waals surface area (Å²) in [6.07, 6.45) is 4.71. The van der Waals surface area contributed by atoms with Gasteiger partial charge in [-0.05, 0) is 36.4 Å². The second-order valence-corrected chi connectivity index (χ2v) is 6.46. The van der Waals surface area contributed by atoms with Crippen molar-refractivity contribution in [3.05, 3.63) is 89.6 Å².